The summed E-state index contributed by atoms with van der Waals surface area (Å²) >= 11 is 6.06. The number of esters is 1. The Morgan fingerprint density at radius 3 is 2.33 bits per heavy atom. The second-order valence-corrected chi connectivity index (χ2v) is 6.78. The molecule has 1 amide bonds. The molecule has 2 rings (SSSR count). The highest BCUT2D eigenvalue weighted by molar-refractivity contribution is 6.33. The first-order valence-electron chi connectivity index (χ1n) is 8.46. The number of halogens is 1. The van der Waals surface area contributed by atoms with E-state index in [1.54, 1.807) is 0 Å². The highest BCUT2D eigenvalue weighted by Gasteiger charge is 2.23. The molecule has 2 aromatic carbocycles. The van der Waals surface area contributed by atoms with Gasteiger partial charge in [-0.05, 0) is 35.6 Å². The Labute approximate surface area is 162 Å². The molecule has 0 saturated heterocycles. The number of carbonyl (C=O) groups is 2. The summed E-state index contributed by atoms with van der Waals surface area (Å²) in [4.78, 5) is 24.2. The van der Waals surface area contributed by atoms with Crippen molar-refractivity contribution >= 4 is 29.2 Å². The lowest BCUT2D eigenvalue weighted by Gasteiger charge is -2.13. The van der Waals surface area contributed by atoms with Gasteiger partial charge >= 0.3 is 5.97 Å². The summed E-state index contributed by atoms with van der Waals surface area (Å²) in [6, 6.07) is 8.49. The number of benzene rings is 2. The highest BCUT2D eigenvalue weighted by atomic mass is 35.5. The van der Waals surface area contributed by atoms with Gasteiger partial charge in [-0.15, -0.1) is 0 Å². The average molecular weight is 392 g/mol. The van der Waals surface area contributed by atoms with Gasteiger partial charge in [0.1, 0.15) is 17.1 Å². The fraction of sp³-hybridized carbons (Fsp3) is 0.300. The van der Waals surface area contributed by atoms with E-state index in [2.05, 4.69) is 23.9 Å². The molecule has 7 heteroatoms. The fourth-order valence-electron chi connectivity index (χ4n) is 2.66. The smallest absolute Gasteiger partial charge is 0.341 e. The van der Waals surface area contributed by atoms with Gasteiger partial charge in [0.05, 0.1) is 12.1 Å². The molecule has 0 radical (unpaired) electrons. The Kier molecular flexibility index (Phi) is 6.69. The average Bonchev–Trinajstić information content (AvgIpc) is 2.63. The fourth-order valence-corrected chi connectivity index (χ4v) is 2.91. The number of methoxy groups -OCH3 is 1. The lowest BCUT2D eigenvalue weighted by Crippen LogP contribution is -2.14. The maximum atomic E-state index is 12.2. The molecule has 0 heterocycles. The van der Waals surface area contributed by atoms with Crippen molar-refractivity contribution in [1.29, 1.82) is 0 Å². The molecule has 6 nitrogen and oxygen atoms in total. The molecular formula is C20H22ClNO5. The van der Waals surface area contributed by atoms with Crippen LogP contribution in [0, 0.1) is 0 Å². The van der Waals surface area contributed by atoms with Crippen LogP contribution in [0.15, 0.2) is 30.3 Å². The number of nitrogens with one attached hydrogen (secondary N) is 1. The van der Waals surface area contributed by atoms with E-state index < -0.39 is 11.7 Å². The Morgan fingerprint density at radius 2 is 1.78 bits per heavy atom. The van der Waals surface area contributed by atoms with E-state index in [9.17, 15) is 19.8 Å². The largest absolute Gasteiger partial charge is 0.507 e. The van der Waals surface area contributed by atoms with Crippen molar-refractivity contribution in [2.75, 3.05) is 12.4 Å². The molecule has 3 N–H and O–H groups in total. The van der Waals surface area contributed by atoms with Crippen LogP contribution in [0.1, 0.15) is 47.7 Å². The zero-order valence-corrected chi connectivity index (χ0v) is 16.1. The highest BCUT2D eigenvalue weighted by Crippen LogP contribution is 2.37. The first kappa shape index (κ1) is 20.6. The molecule has 27 heavy (non-hydrogen) atoms. The van der Waals surface area contributed by atoms with Crippen LogP contribution in [0.25, 0.3) is 0 Å². The minimum atomic E-state index is -0.797. The van der Waals surface area contributed by atoms with Crippen molar-refractivity contribution in [2.24, 2.45) is 0 Å². The van der Waals surface area contributed by atoms with Gasteiger partial charge in [-0.3, -0.25) is 4.79 Å². The first-order chi connectivity index (χ1) is 12.7. The van der Waals surface area contributed by atoms with Crippen LogP contribution < -0.4 is 5.32 Å². The summed E-state index contributed by atoms with van der Waals surface area (Å²) in [6.07, 6.45) is 0.0413. The van der Waals surface area contributed by atoms with Crippen LogP contribution in [-0.2, 0) is 16.0 Å². The van der Waals surface area contributed by atoms with E-state index in [4.69, 9.17) is 11.6 Å². The topological polar surface area (TPSA) is 95.9 Å². The van der Waals surface area contributed by atoms with Crippen molar-refractivity contribution in [3.8, 4) is 11.5 Å². The van der Waals surface area contributed by atoms with Crippen molar-refractivity contribution in [3.63, 3.8) is 0 Å². The second-order valence-electron chi connectivity index (χ2n) is 6.40. The second kappa shape index (κ2) is 8.77. The third kappa shape index (κ3) is 4.92. The summed E-state index contributed by atoms with van der Waals surface area (Å²) in [6.45, 7) is 4.17. The van der Waals surface area contributed by atoms with E-state index in [1.807, 2.05) is 24.3 Å². The van der Waals surface area contributed by atoms with Crippen molar-refractivity contribution in [1.82, 2.24) is 0 Å². The molecule has 0 aromatic heterocycles. The number of ether oxygens (including phenoxy) is 1. The Bertz CT molecular complexity index is 846. The minimum absolute atomic E-state index is 0.00145. The number of anilines is 1. The van der Waals surface area contributed by atoms with Crippen molar-refractivity contribution in [2.45, 2.75) is 32.6 Å². The van der Waals surface area contributed by atoms with Gasteiger partial charge in [0.2, 0.25) is 5.91 Å². The number of amides is 1. The van der Waals surface area contributed by atoms with E-state index in [1.165, 1.54) is 7.11 Å². The number of phenols is 2. The standard InChI is InChI=1S/C20H22ClNO5/c1-11(2)12-4-6-13(7-5-12)22-17(25)9-8-14-18(20(26)27-3)15(23)10-16(24)19(14)21/h4-7,10-11,23-24H,8-9H2,1-3H3,(H,22,25). The van der Waals surface area contributed by atoms with Crippen LogP contribution in [0.2, 0.25) is 5.02 Å². The molecule has 0 aliphatic rings. The predicted octanol–water partition coefficient (Wildman–Crippen LogP) is 4.23. The monoisotopic (exact) mass is 391 g/mol. The van der Waals surface area contributed by atoms with Gasteiger partial charge in [-0.1, -0.05) is 37.6 Å². The molecule has 0 bridgehead atoms. The van der Waals surface area contributed by atoms with E-state index >= 15 is 0 Å². The van der Waals surface area contributed by atoms with Crippen LogP contribution in [0.5, 0.6) is 11.5 Å². The van der Waals surface area contributed by atoms with Gasteiger partial charge in [-0.2, -0.15) is 0 Å². The number of rotatable bonds is 6. The van der Waals surface area contributed by atoms with Gasteiger partial charge in [0.25, 0.3) is 0 Å². The summed E-state index contributed by atoms with van der Waals surface area (Å²) in [5, 5.41) is 22.4. The van der Waals surface area contributed by atoms with E-state index in [0.29, 0.717) is 11.6 Å². The van der Waals surface area contributed by atoms with Gasteiger partial charge in [-0.25, -0.2) is 4.79 Å². The van der Waals surface area contributed by atoms with E-state index in [0.717, 1.165) is 11.6 Å². The number of hydrogen-bond acceptors (Lipinski definition) is 5. The molecular weight excluding hydrogens is 370 g/mol. The number of hydrogen-bond donors (Lipinski definition) is 3. The molecule has 144 valence electrons. The van der Waals surface area contributed by atoms with Gasteiger partial charge in [0.15, 0.2) is 0 Å². The SMILES string of the molecule is COC(=O)c1c(O)cc(O)c(Cl)c1CCC(=O)Nc1ccc(C(C)C)cc1. The van der Waals surface area contributed by atoms with Crippen LogP contribution in [-0.4, -0.2) is 29.2 Å². The zero-order chi connectivity index (χ0) is 20.1. The summed E-state index contributed by atoms with van der Waals surface area (Å²) in [5.74, 6) is -1.52. The molecule has 2 aromatic rings. The lowest BCUT2D eigenvalue weighted by atomic mass is 10.0. The zero-order valence-electron chi connectivity index (χ0n) is 15.4. The summed E-state index contributed by atoms with van der Waals surface area (Å²) in [7, 11) is 1.17. The van der Waals surface area contributed by atoms with Gasteiger partial charge < -0.3 is 20.3 Å². The molecule has 0 fully saturated rings. The lowest BCUT2D eigenvalue weighted by molar-refractivity contribution is -0.116. The van der Waals surface area contributed by atoms with Crippen LogP contribution >= 0.6 is 11.6 Å². The predicted molar refractivity (Wildman–Crippen MR) is 104 cm³/mol. The van der Waals surface area contributed by atoms with Crippen molar-refractivity contribution < 1.29 is 24.5 Å². The third-order valence-corrected chi connectivity index (χ3v) is 4.60. The number of carbonyl (C=O) groups excluding carboxylic acids is 2. The molecule has 0 aliphatic carbocycles. The van der Waals surface area contributed by atoms with Crippen LogP contribution in [0.4, 0.5) is 5.69 Å². The van der Waals surface area contributed by atoms with Crippen molar-refractivity contribution in [3.05, 3.63) is 52.0 Å². The van der Waals surface area contributed by atoms with E-state index in [-0.39, 0.29) is 40.6 Å². The van der Waals surface area contributed by atoms with Gasteiger partial charge in [0, 0.05) is 18.2 Å². The molecule has 0 aliphatic heterocycles. The maximum Gasteiger partial charge on any atom is 0.341 e. The number of phenolic OH excluding ortho intramolecular Hbond substituents is 2. The van der Waals surface area contributed by atoms with Crippen LogP contribution in [0.3, 0.4) is 0 Å². The Morgan fingerprint density at radius 1 is 1.15 bits per heavy atom. The normalized spacial score (nSPS) is 10.7. The number of aromatic hydroxyl groups is 2. The minimum Gasteiger partial charge on any atom is -0.507 e. The Balaban J connectivity index is 2.13. The maximum absolute atomic E-state index is 12.2. The Hall–Kier alpha value is -2.73. The molecule has 0 atom stereocenters. The third-order valence-electron chi connectivity index (χ3n) is 4.17. The summed E-state index contributed by atoms with van der Waals surface area (Å²) < 4.78 is 4.65. The first-order valence-corrected chi connectivity index (χ1v) is 8.83. The molecule has 0 spiro atoms. The quantitative estimate of drug-likeness (QED) is 0.640. The summed E-state index contributed by atoms with van der Waals surface area (Å²) in [5.41, 5.74) is 1.82. The molecule has 0 unspecified atom stereocenters. The molecule has 0 saturated carbocycles.